The highest BCUT2D eigenvalue weighted by Crippen LogP contribution is 2.32. The molecule has 0 aliphatic carbocycles. The van der Waals surface area contributed by atoms with Crippen molar-refractivity contribution in [3.05, 3.63) is 24.0 Å². The van der Waals surface area contributed by atoms with Gasteiger partial charge < -0.3 is 15.0 Å². The molecule has 0 aliphatic heterocycles. The van der Waals surface area contributed by atoms with E-state index < -0.39 is 17.8 Å². The number of nitrogens with one attached hydrogen (secondary N) is 1. The number of carbonyl (C=O) groups excluding carboxylic acids is 1. The first-order chi connectivity index (χ1) is 8.49. The molecule has 1 atom stereocenters. The Kier molecular flexibility index (Phi) is 4.29. The van der Waals surface area contributed by atoms with Crippen LogP contribution >= 0.6 is 0 Å². The van der Waals surface area contributed by atoms with Crippen LogP contribution in [0, 0.1) is 0 Å². The Morgan fingerprint density at radius 2 is 2.00 bits per heavy atom. The normalized spacial score (nSPS) is 14.3. The van der Waals surface area contributed by atoms with Gasteiger partial charge in [0, 0.05) is 23.5 Å². The van der Waals surface area contributed by atoms with Crippen LogP contribution in [0.2, 0.25) is 0 Å². The molecule has 1 aromatic heterocycles. The third-order valence-electron chi connectivity index (χ3n) is 2.24. The molecule has 0 saturated heterocycles. The van der Waals surface area contributed by atoms with E-state index >= 15 is 0 Å². The largest absolute Gasteiger partial charge is 0.418 e. The molecular weight excluding hydrogens is 261 g/mol. The molecule has 0 bridgehead atoms. The minimum atomic E-state index is -4.71. The molecule has 0 radical (unpaired) electrons. The van der Waals surface area contributed by atoms with Crippen LogP contribution in [0.25, 0.3) is 0 Å². The average Bonchev–Trinajstić information content (AvgIpc) is 2.60. The minimum absolute atomic E-state index is 0.0954. The van der Waals surface area contributed by atoms with Crippen LogP contribution in [-0.2, 0) is 11.3 Å². The Morgan fingerprint density at radius 1 is 1.42 bits per heavy atom. The van der Waals surface area contributed by atoms with E-state index in [4.69, 9.17) is 5.11 Å². The molecule has 7 heteroatoms. The first-order valence-corrected chi connectivity index (χ1v) is 5.70. The number of carbonyl (C=O) groups is 1. The highest BCUT2D eigenvalue weighted by Gasteiger charge is 2.39. The first-order valence-electron chi connectivity index (χ1n) is 5.70. The number of aromatic nitrogens is 1. The Balaban J connectivity index is 2.68. The number of amides is 1. The zero-order valence-corrected chi connectivity index (χ0v) is 11.0. The molecule has 1 heterocycles. The van der Waals surface area contributed by atoms with Crippen LogP contribution in [0.1, 0.15) is 32.4 Å². The molecule has 1 unspecified atom stereocenters. The van der Waals surface area contributed by atoms with Crippen molar-refractivity contribution in [2.75, 3.05) is 0 Å². The quantitative estimate of drug-likeness (QED) is 0.888. The summed E-state index contributed by atoms with van der Waals surface area (Å²) in [6.07, 6.45) is -4.80. The summed E-state index contributed by atoms with van der Waals surface area (Å²) in [5.41, 5.74) is -0.686. The molecular formula is C12H17F3N2O2. The van der Waals surface area contributed by atoms with E-state index in [1.165, 1.54) is 10.8 Å². The summed E-state index contributed by atoms with van der Waals surface area (Å²) < 4.78 is 38.2. The van der Waals surface area contributed by atoms with Crippen molar-refractivity contribution in [2.24, 2.45) is 0 Å². The first kappa shape index (κ1) is 15.6. The molecule has 1 amide bonds. The fourth-order valence-electron chi connectivity index (χ4n) is 1.53. The second kappa shape index (κ2) is 5.24. The van der Waals surface area contributed by atoms with Crippen molar-refractivity contribution >= 4 is 5.91 Å². The van der Waals surface area contributed by atoms with Gasteiger partial charge in [0.05, 0.1) is 0 Å². The third-order valence-corrected chi connectivity index (χ3v) is 2.24. The molecule has 0 aromatic carbocycles. The van der Waals surface area contributed by atoms with E-state index in [0.717, 1.165) is 12.3 Å². The van der Waals surface area contributed by atoms with E-state index in [-0.39, 0.29) is 18.0 Å². The van der Waals surface area contributed by atoms with Crippen molar-refractivity contribution in [1.29, 1.82) is 0 Å². The molecule has 0 aliphatic rings. The van der Waals surface area contributed by atoms with Crippen LogP contribution in [0.4, 0.5) is 13.2 Å². The molecule has 2 N–H and O–H groups in total. The number of alkyl halides is 3. The molecule has 4 nitrogen and oxygen atoms in total. The lowest BCUT2D eigenvalue weighted by Gasteiger charge is -2.20. The summed E-state index contributed by atoms with van der Waals surface area (Å²) in [6, 6.07) is 1.14. The number of halogens is 3. The molecule has 1 aromatic rings. The van der Waals surface area contributed by atoms with Crippen LogP contribution < -0.4 is 5.32 Å². The molecule has 1 rings (SSSR count). The number of rotatable bonds is 3. The van der Waals surface area contributed by atoms with Crippen LogP contribution in [-0.4, -0.2) is 27.3 Å². The minimum Gasteiger partial charge on any atom is -0.379 e. The van der Waals surface area contributed by atoms with Gasteiger partial charge in [-0.1, -0.05) is 0 Å². The lowest BCUT2D eigenvalue weighted by molar-refractivity contribution is -0.206. The average molecular weight is 278 g/mol. The maximum atomic E-state index is 12.3. The zero-order chi connectivity index (χ0) is 14.8. The number of hydrogen-bond acceptors (Lipinski definition) is 2. The van der Waals surface area contributed by atoms with Gasteiger partial charge in [0.1, 0.15) is 6.54 Å². The Hall–Kier alpha value is -1.50. The summed E-state index contributed by atoms with van der Waals surface area (Å²) >= 11 is 0. The van der Waals surface area contributed by atoms with Gasteiger partial charge in [0.2, 0.25) is 5.91 Å². The van der Waals surface area contributed by atoms with Gasteiger partial charge in [-0.15, -0.1) is 0 Å². The van der Waals surface area contributed by atoms with Crippen LogP contribution in [0.15, 0.2) is 18.5 Å². The van der Waals surface area contributed by atoms with Crippen LogP contribution in [0.5, 0.6) is 0 Å². The lowest BCUT2D eigenvalue weighted by atomic mass is 10.1. The number of nitrogens with zero attached hydrogens (tertiary/aromatic N) is 1. The molecule has 0 spiro atoms. The van der Waals surface area contributed by atoms with Crippen LogP contribution in [0.3, 0.4) is 0 Å². The predicted octanol–water partition coefficient (Wildman–Crippen LogP) is 2.00. The second-order valence-corrected chi connectivity index (χ2v) is 5.36. The summed E-state index contributed by atoms with van der Waals surface area (Å²) in [5.74, 6) is -0.309. The molecule has 0 fully saturated rings. The fourth-order valence-corrected chi connectivity index (χ4v) is 1.53. The van der Waals surface area contributed by atoms with E-state index in [1.807, 2.05) is 0 Å². The van der Waals surface area contributed by atoms with Gasteiger partial charge in [-0.25, -0.2) is 0 Å². The third kappa shape index (κ3) is 4.94. The van der Waals surface area contributed by atoms with E-state index in [9.17, 15) is 18.0 Å². The predicted molar refractivity (Wildman–Crippen MR) is 63.3 cm³/mol. The molecule has 0 saturated carbocycles. The van der Waals surface area contributed by atoms with E-state index in [0.29, 0.717) is 0 Å². The van der Waals surface area contributed by atoms with Crippen molar-refractivity contribution < 1.29 is 23.1 Å². The maximum Gasteiger partial charge on any atom is 0.418 e. The Labute approximate surface area is 109 Å². The lowest BCUT2D eigenvalue weighted by Crippen LogP contribution is -2.42. The highest BCUT2D eigenvalue weighted by atomic mass is 19.4. The standard InChI is InChI=1S/C12H17F3N2O2/c1-11(2,3)16-9(18)7-17-5-4-8(6-17)10(19)12(13,14)15/h4-6,10,19H,7H2,1-3H3,(H,16,18). The second-order valence-electron chi connectivity index (χ2n) is 5.36. The van der Waals surface area contributed by atoms with Crippen molar-refractivity contribution in [2.45, 2.75) is 45.1 Å². The SMILES string of the molecule is CC(C)(C)NC(=O)Cn1ccc(C(O)C(F)(F)F)c1. The fraction of sp³-hybridized carbons (Fsp3) is 0.583. The van der Waals surface area contributed by atoms with Gasteiger partial charge in [-0.2, -0.15) is 13.2 Å². The Morgan fingerprint density at radius 3 is 2.47 bits per heavy atom. The number of hydrogen-bond donors (Lipinski definition) is 2. The summed E-state index contributed by atoms with van der Waals surface area (Å²) in [5, 5.41) is 11.7. The van der Waals surface area contributed by atoms with E-state index in [1.54, 1.807) is 20.8 Å². The number of aliphatic hydroxyl groups excluding tert-OH is 1. The number of aliphatic hydroxyl groups is 1. The molecule has 19 heavy (non-hydrogen) atoms. The highest BCUT2D eigenvalue weighted by molar-refractivity contribution is 5.76. The van der Waals surface area contributed by atoms with Gasteiger partial charge in [-0.3, -0.25) is 4.79 Å². The molecule has 108 valence electrons. The van der Waals surface area contributed by atoms with E-state index in [2.05, 4.69) is 5.32 Å². The van der Waals surface area contributed by atoms with Gasteiger partial charge >= 0.3 is 6.18 Å². The van der Waals surface area contributed by atoms with Gasteiger partial charge in [0.25, 0.3) is 0 Å². The summed E-state index contributed by atoms with van der Waals surface area (Å²) in [6.45, 7) is 5.32. The summed E-state index contributed by atoms with van der Waals surface area (Å²) in [4.78, 5) is 11.6. The van der Waals surface area contributed by atoms with Crippen molar-refractivity contribution in [3.8, 4) is 0 Å². The van der Waals surface area contributed by atoms with Crippen molar-refractivity contribution in [3.63, 3.8) is 0 Å². The topological polar surface area (TPSA) is 54.3 Å². The van der Waals surface area contributed by atoms with Crippen molar-refractivity contribution in [1.82, 2.24) is 9.88 Å². The smallest absolute Gasteiger partial charge is 0.379 e. The Bertz CT molecular complexity index is 447. The maximum absolute atomic E-state index is 12.3. The van der Waals surface area contributed by atoms with Gasteiger partial charge in [-0.05, 0) is 26.8 Å². The summed E-state index contributed by atoms with van der Waals surface area (Å²) in [7, 11) is 0. The zero-order valence-electron chi connectivity index (χ0n) is 11.0. The monoisotopic (exact) mass is 278 g/mol. The van der Waals surface area contributed by atoms with Gasteiger partial charge in [0.15, 0.2) is 6.10 Å².